The van der Waals surface area contributed by atoms with Gasteiger partial charge in [-0.2, -0.15) is 0 Å². The van der Waals surface area contributed by atoms with Gasteiger partial charge in [-0.15, -0.1) is 0 Å². The average Bonchev–Trinajstić information content (AvgIpc) is 2.65. The van der Waals surface area contributed by atoms with E-state index in [2.05, 4.69) is 4.98 Å². The monoisotopic (exact) mass is 348 g/mol. The van der Waals surface area contributed by atoms with Crippen LogP contribution in [0.1, 0.15) is 22.5 Å². The Morgan fingerprint density at radius 3 is 2.96 bits per heavy atom. The summed E-state index contributed by atoms with van der Waals surface area (Å²) in [5, 5.41) is 0. The lowest BCUT2D eigenvalue weighted by molar-refractivity contribution is 0.0817. The number of hydrogen-bond donors (Lipinski definition) is 0. The van der Waals surface area contributed by atoms with Crippen LogP contribution in [0.3, 0.4) is 0 Å². The highest BCUT2D eigenvalue weighted by molar-refractivity contribution is 6.06. The van der Waals surface area contributed by atoms with Crippen LogP contribution >= 0.6 is 0 Å². The Bertz CT molecular complexity index is 753. The normalized spacial score (nSPS) is 13.5. The Hall–Kier alpha value is -2.70. The number of ether oxygens (including phenoxy) is 2. The summed E-state index contributed by atoms with van der Waals surface area (Å²) in [5.74, 6) is 0.500. The molecule has 0 N–H and O–H groups in total. The minimum absolute atomic E-state index is 0.144. The van der Waals surface area contributed by atoms with E-state index in [1.807, 2.05) is 12.1 Å². The summed E-state index contributed by atoms with van der Waals surface area (Å²) < 4.78 is 34.9. The number of anilines is 1. The molecule has 0 aliphatic carbocycles. The van der Waals surface area contributed by atoms with E-state index in [0.717, 1.165) is 24.1 Å². The van der Waals surface area contributed by atoms with Crippen molar-refractivity contribution >= 4 is 11.6 Å². The van der Waals surface area contributed by atoms with E-state index in [1.165, 1.54) is 18.3 Å². The number of aryl methyl sites for hydroxylation is 1. The Kier molecular flexibility index (Phi) is 5.11. The van der Waals surface area contributed by atoms with Crippen molar-refractivity contribution in [1.29, 1.82) is 0 Å². The second-order valence-electron chi connectivity index (χ2n) is 5.61. The van der Waals surface area contributed by atoms with Crippen molar-refractivity contribution in [3.8, 4) is 11.5 Å². The summed E-state index contributed by atoms with van der Waals surface area (Å²) >= 11 is 0. The molecule has 1 aliphatic heterocycles. The number of benzene rings is 1. The van der Waals surface area contributed by atoms with Crippen LogP contribution in [-0.4, -0.2) is 37.6 Å². The van der Waals surface area contributed by atoms with Crippen molar-refractivity contribution in [3.63, 3.8) is 0 Å². The summed E-state index contributed by atoms with van der Waals surface area (Å²) in [6.07, 6.45) is 0.487. The number of carbonyl (C=O) groups excluding carboxylic acids is 1. The molecule has 0 radical (unpaired) electrons. The molecule has 5 nitrogen and oxygen atoms in total. The summed E-state index contributed by atoms with van der Waals surface area (Å²) in [4.78, 5) is 18.6. The third-order valence-electron chi connectivity index (χ3n) is 3.97. The Morgan fingerprint density at radius 1 is 1.36 bits per heavy atom. The SMILES string of the molecule is COc1cccc2c1N(C(=O)c1cc(OCC(F)F)ccn1)CCC2. The maximum atomic E-state index is 12.9. The van der Waals surface area contributed by atoms with E-state index in [4.69, 9.17) is 9.47 Å². The van der Waals surface area contributed by atoms with Crippen LogP contribution in [0, 0.1) is 0 Å². The predicted octanol–water partition coefficient (Wildman–Crippen LogP) is 3.33. The maximum absolute atomic E-state index is 12.9. The van der Waals surface area contributed by atoms with Crippen LogP contribution in [0.5, 0.6) is 11.5 Å². The number of amides is 1. The molecule has 2 aromatic rings. The Labute approximate surface area is 144 Å². The maximum Gasteiger partial charge on any atom is 0.277 e. The molecule has 1 aromatic carbocycles. The molecule has 1 amide bonds. The summed E-state index contributed by atoms with van der Waals surface area (Å²) in [5.41, 5.74) is 1.91. The van der Waals surface area contributed by atoms with Gasteiger partial charge in [0.1, 0.15) is 23.8 Å². The van der Waals surface area contributed by atoms with Crippen LogP contribution in [0.2, 0.25) is 0 Å². The number of hydrogen-bond acceptors (Lipinski definition) is 4. The van der Waals surface area contributed by atoms with E-state index in [1.54, 1.807) is 18.1 Å². The third-order valence-corrected chi connectivity index (χ3v) is 3.97. The standard InChI is InChI=1S/C18H18F2N2O3/c1-24-15-6-2-4-12-5-3-9-22(17(12)15)18(23)14-10-13(7-8-21-14)25-11-16(19)20/h2,4,6-8,10,16H,3,5,9,11H2,1H3. The first-order valence-corrected chi connectivity index (χ1v) is 7.95. The number of para-hydroxylation sites is 1. The number of aromatic nitrogens is 1. The van der Waals surface area contributed by atoms with Crippen LogP contribution in [0.25, 0.3) is 0 Å². The van der Waals surface area contributed by atoms with Crippen LogP contribution in [0.15, 0.2) is 36.5 Å². The molecule has 2 heterocycles. The predicted molar refractivity (Wildman–Crippen MR) is 88.7 cm³/mol. The summed E-state index contributed by atoms with van der Waals surface area (Å²) in [7, 11) is 1.56. The van der Waals surface area contributed by atoms with Gasteiger partial charge in [-0.05, 0) is 30.5 Å². The quantitative estimate of drug-likeness (QED) is 0.832. The molecule has 0 saturated carbocycles. The van der Waals surface area contributed by atoms with Crippen molar-refractivity contribution in [3.05, 3.63) is 47.8 Å². The zero-order chi connectivity index (χ0) is 17.8. The number of pyridine rings is 1. The highest BCUT2D eigenvalue weighted by Crippen LogP contribution is 2.36. The van der Waals surface area contributed by atoms with E-state index in [0.29, 0.717) is 12.3 Å². The highest BCUT2D eigenvalue weighted by atomic mass is 19.3. The van der Waals surface area contributed by atoms with Crippen molar-refractivity contribution in [2.75, 3.05) is 25.2 Å². The molecular weight excluding hydrogens is 330 g/mol. The smallest absolute Gasteiger partial charge is 0.277 e. The first-order valence-electron chi connectivity index (χ1n) is 7.95. The molecule has 7 heteroatoms. The van der Waals surface area contributed by atoms with Gasteiger partial charge in [0.15, 0.2) is 0 Å². The Morgan fingerprint density at radius 2 is 2.20 bits per heavy atom. The molecule has 0 fully saturated rings. The number of fused-ring (bicyclic) bond motifs is 1. The minimum Gasteiger partial charge on any atom is -0.495 e. The van der Waals surface area contributed by atoms with Crippen molar-refractivity contribution < 1.29 is 23.0 Å². The lowest BCUT2D eigenvalue weighted by Crippen LogP contribution is -2.36. The van der Waals surface area contributed by atoms with Gasteiger partial charge in [0.2, 0.25) is 0 Å². The molecule has 25 heavy (non-hydrogen) atoms. The first kappa shape index (κ1) is 17.1. The highest BCUT2D eigenvalue weighted by Gasteiger charge is 2.27. The molecule has 3 rings (SSSR count). The van der Waals surface area contributed by atoms with Crippen LogP contribution in [0.4, 0.5) is 14.5 Å². The van der Waals surface area contributed by atoms with Crippen molar-refractivity contribution in [1.82, 2.24) is 4.98 Å². The van der Waals surface area contributed by atoms with E-state index in [-0.39, 0.29) is 17.4 Å². The molecule has 0 atom stereocenters. The number of rotatable bonds is 5. The molecule has 0 unspecified atom stereocenters. The lowest BCUT2D eigenvalue weighted by Gasteiger charge is -2.30. The zero-order valence-electron chi connectivity index (χ0n) is 13.7. The van der Waals surface area contributed by atoms with Crippen molar-refractivity contribution in [2.45, 2.75) is 19.3 Å². The molecule has 0 bridgehead atoms. The third kappa shape index (κ3) is 3.70. The summed E-state index contributed by atoms with van der Waals surface area (Å²) in [6.45, 7) is -0.186. The molecule has 0 saturated heterocycles. The van der Waals surface area contributed by atoms with E-state index < -0.39 is 13.0 Å². The van der Waals surface area contributed by atoms with Gasteiger partial charge < -0.3 is 14.4 Å². The summed E-state index contributed by atoms with van der Waals surface area (Å²) in [6, 6.07) is 8.49. The first-order chi connectivity index (χ1) is 12.1. The van der Waals surface area contributed by atoms with Gasteiger partial charge in [0.05, 0.1) is 12.8 Å². The number of methoxy groups -OCH3 is 1. The van der Waals surface area contributed by atoms with Gasteiger partial charge in [0.25, 0.3) is 12.3 Å². The zero-order valence-corrected chi connectivity index (χ0v) is 13.7. The van der Waals surface area contributed by atoms with Gasteiger partial charge in [-0.25, -0.2) is 8.78 Å². The molecular formula is C18H18F2N2O3. The molecule has 0 spiro atoms. The van der Waals surface area contributed by atoms with Crippen LogP contribution in [-0.2, 0) is 6.42 Å². The van der Waals surface area contributed by atoms with Gasteiger partial charge in [-0.1, -0.05) is 12.1 Å². The number of carbonyl (C=O) groups is 1. The topological polar surface area (TPSA) is 51.7 Å². The largest absolute Gasteiger partial charge is 0.495 e. The number of halogens is 2. The number of nitrogens with zero attached hydrogens (tertiary/aromatic N) is 2. The van der Waals surface area contributed by atoms with E-state index >= 15 is 0 Å². The fraction of sp³-hybridized carbons (Fsp3) is 0.333. The second-order valence-corrected chi connectivity index (χ2v) is 5.61. The molecule has 132 valence electrons. The second kappa shape index (κ2) is 7.46. The fourth-order valence-electron chi connectivity index (χ4n) is 2.90. The van der Waals surface area contributed by atoms with Gasteiger partial charge in [-0.3, -0.25) is 9.78 Å². The molecule has 1 aromatic heterocycles. The van der Waals surface area contributed by atoms with Gasteiger partial charge in [0, 0.05) is 18.8 Å². The average molecular weight is 348 g/mol. The fourth-order valence-corrected chi connectivity index (χ4v) is 2.90. The van der Waals surface area contributed by atoms with E-state index in [9.17, 15) is 13.6 Å². The number of alkyl halides is 2. The van der Waals surface area contributed by atoms with Crippen molar-refractivity contribution in [2.24, 2.45) is 0 Å². The molecule has 1 aliphatic rings. The lowest BCUT2D eigenvalue weighted by atomic mass is 10.0. The van der Waals surface area contributed by atoms with Crippen LogP contribution < -0.4 is 14.4 Å². The Balaban J connectivity index is 1.89. The minimum atomic E-state index is -2.58. The van der Waals surface area contributed by atoms with Gasteiger partial charge >= 0.3 is 0 Å².